The minimum Gasteiger partial charge on any atom is -0.364 e. The van der Waals surface area contributed by atoms with E-state index in [-0.39, 0.29) is 12.5 Å². The van der Waals surface area contributed by atoms with Crippen molar-refractivity contribution in [3.8, 4) is 17.2 Å². The number of anilines is 1. The highest BCUT2D eigenvalue weighted by molar-refractivity contribution is 5.96. The van der Waals surface area contributed by atoms with Crippen molar-refractivity contribution in [3.63, 3.8) is 0 Å². The Morgan fingerprint density at radius 1 is 1.20 bits per heavy atom. The minimum atomic E-state index is -1.10. The van der Waals surface area contributed by atoms with Gasteiger partial charge in [0.2, 0.25) is 5.91 Å². The van der Waals surface area contributed by atoms with E-state index in [2.05, 4.69) is 17.5 Å². The molecule has 7 nitrogen and oxygen atoms in total. The van der Waals surface area contributed by atoms with Crippen LogP contribution in [0.15, 0.2) is 42.5 Å². The molecule has 184 valence electrons. The van der Waals surface area contributed by atoms with Gasteiger partial charge in [-0.2, -0.15) is 5.26 Å². The van der Waals surface area contributed by atoms with Crippen LogP contribution in [0.25, 0.3) is 11.1 Å². The molecule has 3 atom stereocenters. The molecular formula is C27H31FN4O3. The summed E-state index contributed by atoms with van der Waals surface area (Å²) < 4.78 is 19.3. The summed E-state index contributed by atoms with van der Waals surface area (Å²) in [6, 6.07) is 15.5. The summed E-state index contributed by atoms with van der Waals surface area (Å²) in [6.07, 6.45) is 0.0778. The third kappa shape index (κ3) is 6.05. The molecule has 0 aliphatic carbocycles. The van der Waals surface area contributed by atoms with E-state index in [0.29, 0.717) is 32.4 Å². The summed E-state index contributed by atoms with van der Waals surface area (Å²) in [4.78, 5) is 28.2. The third-order valence-electron chi connectivity index (χ3n) is 6.69. The number of fused-ring (bicyclic) bond motifs is 1. The quantitative estimate of drug-likeness (QED) is 0.714. The predicted octanol–water partition coefficient (Wildman–Crippen LogP) is 2.87. The van der Waals surface area contributed by atoms with Crippen molar-refractivity contribution >= 4 is 17.5 Å². The van der Waals surface area contributed by atoms with Gasteiger partial charge < -0.3 is 19.9 Å². The largest absolute Gasteiger partial charge is 0.364 e. The Hall–Kier alpha value is -3.28. The Kier molecular flexibility index (Phi) is 7.79. The summed E-state index contributed by atoms with van der Waals surface area (Å²) in [5.74, 6) is -0.264. The van der Waals surface area contributed by atoms with Crippen LogP contribution >= 0.6 is 0 Å². The molecule has 2 aliphatic heterocycles. The SMILES string of the molecule is CN1CCC(F)COC(C(=O)NC(C#N)Cc2ccc(-c3ccc4c(c3)CCC(=O)N4C)cc2)C1. The minimum absolute atomic E-state index is 0.111. The maximum atomic E-state index is 13.8. The van der Waals surface area contributed by atoms with Gasteiger partial charge in [0.25, 0.3) is 5.91 Å². The molecule has 1 saturated heterocycles. The highest BCUT2D eigenvalue weighted by atomic mass is 19.1. The first-order valence-corrected chi connectivity index (χ1v) is 12.0. The topological polar surface area (TPSA) is 85.7 Å². The average Bonchev–Trinajstić information content (AvgIpc) is 2.86. The molecule has 2 aromatic rings. The second-order valence-corrected chi connectivity index (χ2v) is 9.36. The molecule has 1 N–H and O–H groups in total. The van der Waals surface area contributed by atoms with Crippen molar-refractivity contribution in [2.45, 2.75) is 44.0 Å². The number of nitrogens with zero attached hydrogens (tertiary/aromatic N) is 3. The fourth-order valence-corrected chi connectivity index (χ4v) is 4.55. The van der Waals surface area contributed by atoms with Crippen LogP contribution in [0.5, 0.6) is 0 Å². The maximum absolute atomic E-state index is 13.8. The molecule has 4 rings (SSSR count). The highest BCUT2D eigenvalue weighted by Gasteiger charge is 2.27. The van der Waals surface area contributed by atoms with Crippen LogP contribution in [0, 0.1) is 11.3 Å². The molecule has 1 fully saturated rings. The van der Waals surface area contributed by atoms with Crippen molar-refractivity contribution in [2.75, 3.05) is 38.7 Å². The Morgan fingerprint density at radius 3 is 2.69 bits per heavy atom. The van der Waals surface area contributed by atoms with Gasteiger partial charge >= 0.3 is 0 Å². The van der Waals surface area contributed by atoms with Gasteiger partial charge in [-0.1, -0.05) is 30.3 Å². The summed E-state index contributed by atoms with van der Waals surface area (Å²) in [7, 11) is 3.63. The average molecular weight is 479 g/mol. The molecular weight excluding hydrogens is 447 g/mol. The molecule has 0 radical (unpaired) electrons. The van der Waals surface area contributed by atoms with Crippen LogP contribution in [-0.2, 0) is 27.2 Å². The maximum Gasteiger partial charge on any atom is 0.251 e. The summed E-state index contributed by atoms with van der Waals surface area (Å²) in [5, 5.41) is 12.4. The van der Waals surface area contributed by atoms with Gasteiger partial charge in [0.1, 0.15) is 18.3 Å². The Labute approximate surface area is 205 Å². The second-order valence-electron chi connectivity index (χ2n) is 9.36. The van der Waals surface area contributed by atoms with Crippen molar-refractivity contribution in [1.82, 2.24) is 10.2 Å². The summed E-state index contributed by atoms with van der Waals surface area (Å²) in [6.45, 7) is 0.803. The number of carbonyl (C=O) groups excluding carboxylic acids is 2. The van der Waals surface area contributed by atoms with Crippen LogP contribution in [0.3, 0.4) is 0 Å². The molecule has 0 saturated carbocycles. The number of benzene rings is 2. The highest BCUT2D eigenvalue weighted by Crippen LogP contribution is 2.31. The number of ether oxygens (including phenoxy) is 1. The zero-order valence-corrected chi connectivity index (χ0v) is 20.2. The zero-order valence-electron chi connectivity index (χ0n) is 20.2. The molecule has 0 bridgehead atoms. The van der Waals surface area contributed by atoms with Crippen LogP contribution in [0.1, 0.15) is 24.0 Å². The first kappa shape index (κ1) is 24.8. The van der Waals surface area contributed by atoms with Gasteiger partial charge in [0.05, 0.1) is 12.7 Å². The number of alkyl halides is 1. The molecule has 2 aliphatic rings. The van der Waals surface area contributed by atoms with Gasteiger partial charge in [0, 0.05) is 38.7 Å². The number of carbonyl (C=O) groups is 2. The number of hydrogen-bond donors (Lipinski definition) is 1. The Morgan fingerprint density at radius 2 is 1.94 bits per heavy atom. The molecule has 2 aromatic carbocycles. The fourth-order valence-electron chi connectivity index (χ4n) is 4.55. The Bertz CT molecular complexity index is 1110. The van der Waals surface area contributed by atoms with Crippen LogP contribution in [-0.4, -0.2) is 68.8 Å². The monoisotopic (exact) mass is 478 g/mol. The van der Waals surface area contributed by atoms with Gasteiger partial charge in [0.15, 0.2) is 0 Å². The molecule has 2 heterocycles. The van der Waals surface area contributed by atoms with Crippen molar-refractivity contribution in [1.29, 1.82) is 5.26 Å². The number of aryl methyl sites for hydroxylation is 1. The van der Waals surface area contributed by atoms with E-state index in [9.17, 15) is 19.2 Å². The van der Waals surface area contributed by atoms with Gasteiger partial charge in [-0.25, -0.2) is 4.39 Å². The number of nitrogens with one attached hydrogen (secondary N) is 1. The number of hydrogen-bond acceptors (Lipinski definition) is 5. The van der Waals surface area contributed by atoms with Gasteiger partial charge in [-0.3, -0.25) is 9.59 Å². The first-order chi connectivity index (χ1) is 16.8. The number of amides is 2. The second kappa shape index (κ2) is 11.0. The van der Waals surface area contributed by atoms with Gasteiger partial charge in [-0.05, 0) is 54.3 Å². The molecule has 3 unspecified atom stereocenters. The van der Waals surface area contributed by atoms with Crippen LogP contribution in [0.4, 0.5) is 10.1 Å². The number of likely N-dealkylation sites (N-methyl/N-ethyl adjacent to an activating group) is 1. The fraction of sp³-hybridized carbons (Fsp3) is 0.444. The normalized spacial score (nSPS) is 21.9. The van der Waals surface area contributed by atoms with E-state index in [1.807, 2.05) is 48.3 Å². The number of halogens is 1. The standard InChI is InChI=1S/C27H31FN4O3/c1-31-12-11-22(28)17-35-25(16-31)27(34)30-23(15-29)13-18-3-5-19(6-4-18)20-7-9-24-21(14-20)8-10-26(33)32(24)2/h3-7,9,14,22-23,25H,8,10-13,16-17H2,1-2H3,(H,30,34). The van der Waals surface area contributed by atoms with Crippen molar-refractivity contribution in [3.05, 3.63) is 53.6 Å². The van der Waals surface area contributed by atoms with Crippen molar-refractivity contribution < 1.29 is 18.7 Å². The first-order valence-electron chi connectivity index (χ1n) is 12.0. The third-order valence-corrected chi connectivity index (χ3v) is 6.69. The molecule has 0 spiro atoms. The van der Waals surface area contributed by atoms with E-state index in [4.69, 9.17) is 4.74 Å². The number of nitriles is 1. The van der Waals surface area contributed by atoms with Crippen LogP contribution in [0.2, 0.25) is 0 Å². The summed E-state index contributed by atoms with van der Waals surface area (Å²) >= 11 is 0. The molecule has 0 aromatic heterocycles. The number of rotatable bonds is 5. The lowest BCUT2D eigenvalue weighted by Crippen LogP contribution is -2.49. The van der Waals surface area contributed by atoms with E-state index in [1.165, 1.54) is 0 Å². The Balaban J connectivity index is 1.39. The van der Waals surface area contributed by atoms with E-state index >= 15 is 0 Å². The lowest BCUT2D eigenvalue weighted by atomic mass is 9.95. The van der Waals surface area contributed by atoms with E-state index in [1.54, 1.807) is 11.9 Å². The lowest BCUT2D eigenvalue weighted by Gasteiger charge is -2.28. The molecule has 35 heavy (non-hydrogen) atoms. The summed E-state index contributed by atoms with van der Waals surface area (Å²) in [5.41, 5.74) is 5.14. The molecule has 8 heteroatoms. The van der Waals surface area contributed by atoms with E-state index in [0.717, 1.165) is 34.4 Å². The van der Waals surface area contributed by atoms with Crippen LogP contribution < -0.4 is 10.2 Å². The van der Waals surface area contributed by atoms with Crippen molar-refractivity contribution in [2.24, 2.45) is 0 Å². The van der Waals surface area contributed by atoms with E-state index < -0.39 is 24.2 Å². The lowest BCUT2D eigenvalue weighted by molar-refractivity contribution is -0.136. The van der Waals surface area contributed by atoms with Gasteiger partial charge in [-0.15, -0.1) is 0 Å². The smallest absolute Gasteiger partial charge is 0.251 e. The zero-order chi connectivity index (χ0) is 24.9. The molecule has 2 amide bonds. The predicted molar refractivity (Wildman–Crippen MR) is 132 cm³/mol.